The average molecular weight is 279 g/mol. The Morgan fingerprint density at radius 2 is 1.90 bits per heavy atom. The summed E-state index contributed by atoms with van der Waals surface area (Å²) in [6.45, 7) is 9.03. The van der Waals surface area contributed by atoms with Gasteiger partial charge in [-0.1, -0.05) is 13.8 Å². The fraction of sp³-hybridized carbons (Fsp3) is 0.571. The first-order chi connectivity index (χ1) is 9.20. The molecular formula is C14H21N3O3. The molecule has 0 aromatic carbocycles. The van der Waals surface area contributed by atoms with E-state index in [1.165, 1.54) is 18.6 Å². The van der Waals surface area contributed by atoms with Crippen molar-refractivity contribution in [3.8, 4) is 0 Å². The number of carbonyl (C=O) groups is 2. The fourth-order valence-corrected chi connectivity index (χ4v) is 1.49. The van der Waals surface area contributed by atoms with Crippen LogP contribution in [0.5, 0.6) is 0 Å². The molecule has 0 spiro atoms. The van der Waals surface area contributed by atoms with Crippen LogP contribution in [0.3, 0.4) is 0 Å². The minimum atomic E-state index is -0.719. The Labute approximate surface area is 119 Å². The fourth-order valence-electron chi connectivity index (χ4n) is 1.49. The van der Waals surface area contributed by atoms with Crippen LogP contribution in [0.2, 0.25) is 0 Å². The van der Waals surface area contributed by atoms with E-state index >= 15 is 0 Å². The highest BCUT2D eigenvalue weighted by molar-refractivity contribution is 5.95. The predicted octanol–water partition coefficient (Wildman–Crippen LogP) is 1.57. The number of rotatable bonds is 4. The lowest BCUT2D eigenvalue weighted by atomic mass is 10.0. The lowest BCUT2D eigenvalue weighted by molar-refractivity contribution is -0.158. The van der Waals surface area contributed by atoms with E-state index in [9.17, 15) is 9.59 Å². The molecule has 1 aromatic rings. The molecule has 1 aromatic heterocycles. The van der Waals surface area contributed by atoms with Crippen molar-refractivity contribution in [3.63, 3.8) is 0 Å². The summed E-state index contributed by atoms with van der Waals surface area (Å²) in [4.78, 5) is 31.8. The van der Waals surface area contributed by atoms with Crippen molar-refractivity contribution in [1.82, 2.24) is 15.3 Å². The maximum atomic E-state index is 12.1. The summed E-state index contributed by atoms with van der Waals surface area (Å²) >= 11 is 0. The van der Waals surface area contributed by atoms with Gasteiger partial charge in [0.05, 0.1) is 6.20 Å². The van der Waals surface area contributed by atoms with Crippen molar-refractivity contribution < 1.29 is 14.3 Å². The Balaban J connectivity index is 2.78. The standard InChI is InChI=1S/C14H21N3O3/c1-9(2)11(13(19)20-14(3,4)5)17-12(18)10-8-15-6-7-16-10/h6-9,11H,1-5H3,(H,17,18)/t11-/m0/s1. The number of hydrogen-bond acceptors (Lipinski definition) is 5. The van der Waals surface area contributed by atoms with Gasteiger partial charge in [-0.3, -0.25) is 9.78 Å². The maximum absolute atomic E-state index is 12.1. The van der Waals surface area contributed by atoms with Gasteiger partial charge in [0, 0.05) is 12.4 Å². The second-order valence-electron chi connectivity index (χ2n) is 5.82. The van der Waals surface area contributed by atoms with Crippen LogP contribution in [0.25, 0.3) is 0 Å². The van der Waals surface area contributed by atoms with Crippen LogP contribution in [0.4, 0.5) is 0 Å². The van der Waals surface area contributed by atoms with E-state index in [0.29, 0.717) is 0 Å². The van der Waals surface area contributed by atoms with Crippen LogP contribution in [-0.4, -0.2) is 33.5 Å². The molecule has 0 saturated carbocycles. The van der Waals surface area contributed by atoms with Crippen LogP contribution in [-0.2, 0) is 9.53 Å². The molecule has 0 fully saturated rings. The lowest BCUT2D eigenvalue weighted by Gasteiger charge is -2.26. The van der Waals surface area contributed by atoms with Crippen molar-refractivity contribution in [2.24, 2.45) is 5.92 Å². The lowest BCUT2D eigenvalue weighted by Crippen LogP contribution is -2.47. The van der Waals surface area contributed by atoms with Gasteiger partial charge in [0.2, 0.25) is 0 Å². The third kappa shape index (κ3) is 4.95. The highest BCUT2D eigenvalue weighted by Crippen LogP contribution is 2.12. The number of nitrogens with one attached hydrogen (secondary N) is 1. The molecule has 0 unspecified atom stereocenters. The molecule has 6 heteroatoms. The monoisotopic (exact) mass is 279 g/mol. The van der Waals surface area contributed by atoms with Crippen molar-refractivity contribution >= 4 is 11.9 Å². The van der Waals surface area contributed by atoms with Gasteiger partial charge in [0.25, 0.3) is 5.91 Å². The molecule has 1 atom stereocenters. The molecule has 0 saturated heterocycles. The van der Waals surface area contributed by atoms with E-state index in [2.05, 4.69) is 15.3 Å². The number of carbonyl (C=O) groups excluding carboxylic acids is 2. The largest absolute Gasteiger partial charge is 0.458 e. The van der Waals surface area contributed by atoms with Crippen LogP contribution >= 0.6 is 0 Å². The second kappa shape index (κ2) is 6.45. The molecule has 0 aliphatic carbocycles. The summed E-state index contributed by atoms with van der Waals surface area (Å²) in [6.07, 6.45) is 4.25. The van der Waals surface area contributed by atoms with Crippen LogP contribution in [0.15, 0.2) is 18.6 Å². The molecule has 1 rings (SSSR count). The van der Waals surface area contributed by atoms with Gasteiger partial charge < -0.3 is 10.1 Å². The zero-order valence-corrected chi connectivity index (χ0v) is 12.5. The molecule has 0 bridgehead atoms. The molecule has 0 aliphatic rings. The smallest absolute Gasteiger partial charge is 0.329 e. The van der Waals surface area contributed by atoms with Gasteiger partial charge in [-0.05, 0) is 26.7 Å². The van der Waals surface area contributed by atoms with E-state index in [1.54, 1.807) is 20.8 Å². The topological polar surface area (TPSA) is 81.2 Å². The van der Waals surface area contributed by atoms with Crippen LogP contribution < -0.4 is 5.32 Å². The molecule has 0 radical (unpaired) electrons. The molecule has 20 heavy (non-hydrogen) atoms. The Morgan fingerprint density at radius 1 is 1.25 bits per heavy atom. The van der Waals surface area contributed by atoms with Crippen molar-refractivity contribution in [3.05, 3.63) is 24.3 Å². The molecule has 6 nitrogen and oxygen atoms in total. The predicted molar refractivity (Wildman–Crippen MR) is 74.0 cm³/mol. The molecule has 1 heterocycles. The van der Waals surface area contributed by atoms with Crippen molar-refractivity contribution in [2.75, 3.05) is 0 Å². The first-order valence-electron chi connectivity index (χ1n) is 6.50. The van der Waals surface area contributed by atoms with Gasteiger partial charge in [0.1, 0.15) is 17.3 Å². The maximum Gasteiger partial charge on any atom is 0.329 e. The number of ether oxygens (including phenoxy) is 1. The van der Waals surface area contributed by atoms with Gasteiger partial charge >= 0.3 is 5.97 Å². The van der Waals surface area contributed by atoms with E-state index < -0.39 is 23.5 Å². The third-order valence-electron chi connectivity index (χ3n) is 2.41. The Hall–Kier alpha value is -1.98. The summed E-state index contributed by atoms with van der Waals surface area (Å²) in [6, 6.07) is -0.719. The Morgan fingerprint density at radius 3 is 2.35 bits per heavy atom. The first kappa shape index (κ1) is 16.1. The zero-order valence-electron chi connectivity index (χ0n) is 12.5. The van der Waals surface area contributed by atoms with E-state index in [4.69, 9.17) is 4.74 Å². The normalized spacial score (nSPS) is 12.9. The molecule has 0 aliphatic heterocycles. The highest BCUT2D eigenvalue weighted by atomic mass is 16.6. The van der Waals surface area contributed by atoms with Gasteiger partial charge in [-0.25, -0.2) is 9.78 Å². The van der Waals surface area contributed by atoms with Crippen molar-refractivity contribution in [2.45, 2.75) is 46.3 Å². The Bertz CT molecular complexity index is 466. The zero-order chi connectivity index (χ0) is 15.3. The summed E-state index contributed by atoms with van der Waals surface area (Å²) < 4.78 is 5.31. The van der Waals surface area contributed by atoms with Crippen LogP contribution in [0.1, 0.15) is 45.1 Å². The number of hydrogen-bond donors (Lipinski definition) is 1. The molecule has 110 valence electrons. The number of aromatic nitrogens is 2. The van der Waals surface area contributed by atoms with E-state index in [1.807, 2.05) is 13.8 Å². The quantitative estimate of drug-likeness (QED) is 0.846. The Kier molecular flexibility index (Phi) is 5.19. The summed E-state index contributed by atoms with van der Waals surface area (Å²) in [7, 11) is 0. The second-order valence-corrected chi connectivity index (χ2v) is 5.82. The first-order valence-corrected chi connectivity index (χ1v) is 6.50. The van der Waals surface area contributed by atoms with Crippen LogP contribution in [0, 0.1) is 5.92 Å². The highest BCUT2D eigenvalue weighted by Gasteiger charge is 2.29. The minimum Gasteiger partial charge on any atom is -0.458 e. The summed E-state index contributed by atoms with van der Waals surface area (Å²) in [5, 5.41) is 2.64. The van der Waals surface area contributed by atoms with Crippen molar-refractivity contribution in [1.29, 1.82) is 0 Å². The van der Waals surface area contributed by atoms with E-state index in [0.717, 1.165) is 0 Å². The number of nitrogens with zero attached hydrogens (tertiary/aromatic N) is 2. The third-order valence-corrected chi connectivity index (χ3v) is 2.41. The van der Waals surface area contributed by atoms with Gasteiger partial charge in [0.15, 0.2) is 0 Å². The van der Waals surface area contributed by atoms with Gasteiger partial charge in [-0.15, -0.1) is 0 Å². The van der Waals surface area contributed by atoms with Gasteiger partial charge in [-0.2, -0.15) is 0 Å². The average Bonchev–Trinajstić information content (AvgIpc) is 2.34. The van der Waals surface area contributed by atoms with E-state index in [-0.39, 0.29) is 11.6 Å². The summed E-state index contributed by atoms with van der Waals surface area (Å²) in [5.74, 6) is -0.988. The summed E-state index contributed by atoms with van der Waals surface area (Å²) in [5.41, 5.74) is -0.427. The number of esters is 1. The number of amides is 1. The SMILES string of the molecule is CC(C)[C@H](NC(=O)c1cnccn1)C(=O)OC(C)(C)C. The molecule has 1 amide bonds. The minimum absolute atomic E-state index is 0.0922. The molecule has 1 N–H and O–H groups in total. The molecular weight excluding hydrogens is 258 g/mol.